The molecule has 66 valence electrons. The van der Waals surface area contributed by atoms with Crippen LogP contribution in [0.4, 0.5) is 0 Å². The van der Waals surface area contributed by atoms with Gasteiger partial charge in [0.1, 0.15) is 0 Å². The van der Waals surface area contributed by atoms with Crippen LogP contribution >= 0.6 is 0 Å². The summed E-state index contributed by atoms with van der Waals surface area (Å²) in [6.07, 6.45) is 4.04. The van der Waals surface area contributed by atoms with Crippen LogP contribution in [0.3, 0.4) is 0 Å². The largest absolute Gasteiger partial charge is 0.400 e. The average molecular weight is 174 g/mol. The predicted octanol–water partition coefficient (Wildman–Crippen LogP) is 1.69. The van der Waals surface area contributed by atoms with E-state index in [9.17, 15) is 0 Å². The fourth-order valence-electron chi connectivity index (χ4n) is 2.02. The molecule has 0 aromatic heterocycles. The second-order valence-corrected chi connectivity index (χ2v) is 5.95. The molecule has 3 heteroatoms. The molecule has 0 aromatic carbocycles. The molecule has 0 aromatic rings. The van der Waals surface area contributed by atoms with Crippen LogP contribution in [0.2, 0.25) is 5.54 Å². The van der Waals surface area contributed by atoms with Crippen molar-refractivity contribution < 1.29 is 8.85 Å². The highest BCUT2D eigenvalue weighted by Gasteiger charge is 2.33. The van der Waals surface area contributed by atoms with Gasteiger partial charge in [-0.05, 0) is 12.3 Å². The maximum atomic E-state index is 5.37. The zero-order chi connectivity index (χ0) is 8.27. The zero-order valence-electron chi connectivity index (χ0n) is 7.67. The van der Waals surface area contributed by atoms with Crippen molar-refractivity contribution in [1.82, 2.24) is 0 Å². The van der Waals surface area contributed by atoms with Crippen molar-refractivity contribution in [3.8, 4) is 0 Å². The van der Waals surface area contributed by atoms with E-state index >= 15 is 0 Å². The van der Waals surface area contributed by atoms with Gasteiger partial charge in [-0.3, -0.25) is 0 Å². The molecule has 1 fully saturated rings. The van der Waals surface area contributed by atoms with Crippen molar-refractivity contribution in [2.24, 2.45) is 5.92 Å². The molecule has 0 spiro atoms. The number of rotatable bonds is 3. The van der Waals surface area contributed by atoms with Gasteiger partial charge in [0.15, 0.2) is 0 Å². The summed E-state index contributed by atoms with van der Waals surface area (Å²) in [5, 5.41) is 0. The van der Waals surface area contributed by atoms with E-state index in [0.29, 0.717) is 0 Å². The van der Waals surface area contributed by atoms with Gasteiger partial charge in [0.25, 0.3) is 0 Å². The minimum atomic E-state index is -1.30. The lowest BCUT2D eigenvalue weighted by atomic mass is 10.1. The molecule has 0 bridgehead atoms. The third-order valence-corrected chi connectivity index (χ3v) is 5.36. The highest BCUT2D eigenvalue weighted by atomic mass is 28.3. The normalized spacial score (nSPS) is 31.6. The molecule has 11 heavy (non-hydrogen) atoms. The van der Waals surface area contributed by atoms with Gasteiger partial charge in [-0.1, -0.05) is 19.8 Å². The standard InChI is InChI=1S/C8H18O2Si/c1-7-5-4-6-8(7)11(9-2)10-3/h7-8,11H,4-6H2,1-3H3. The van der Waals surface area contributed by atoms with E-state index < -0.39 is 9.28 Å². The average Bonchev–Trinajstić information content (AvgIpc) is 2.40. The topological polar surface area (TPSA) is 18.5 Å². The van der Waals surface area contributed by atoms with Gasteiger partial charge in [0, 0.05) is 19.8 Å². The van der Waals surface area contributed by atoms with E-state index in [4.69, 9.17) is 8.85 Å². The Kier molecular flexibility index (Phi) is 3.55. The van der Waals surface area contributed by atoms with E-state index in [0.717, 1.165) is 11.5 Å². The Bertz CT molecular complexity index is 115. The van der Waals surface area contributed by atoms with Gasteiger partial charge >= 0.3 is 9.28 Å². The van der Waals surface area contributed by atoms with Crippen molar-refractivity contribution in [2.75, 3.05) is 14.2 Å². The zero-order valence-corrected chi connectivity index (χ0v) is 8.82. The first-order chi connectivity index (χ1) is 5.29. The maximum absolute atomic E-state index is 5.37. The Hall–Kier alpha value is 0.137. The molecule has 0 saturated heterocycles. The van der Waals surface area contributed by atoms with Crippen LogP contribution in [0.15, 0.2) is 0 Å². The van der Waals surface area contributed by atoms with Crippen LogP contribution < -0.4 is 0 Å². The maximum Gasteiger partial charge on any atom is 0.324 e. The molecule has 2 unspecified atom stereocenters. The quantitative estimate of drug-likeness (QED) is 0.606. The van der Waals surface area contributed by atoms with Gasteiger partial charge in [-0.25, -0.2) is 0 Å². The SMILES string of the molecule is CO[SiH](OC)C1CCCC1C. The highest BCUT2D eigenvalue weighted by Crippen LogP contribution is 2.38. The van der Waals surface area contributed by atoms with Crippen molar-refractivity contribution in [1.29, 1.82) is 0 Å². The molecule has 0 radical (unpaired) electrons. The van der Waals surface area contributed by atoms with Crippen LogP contribution in [0.25, 0.3) is 0 Å². The molecular formula is C8H18O2Si. The molecule has 1 aliphatic rings. The monoisotopic (exact) mass is 174 g/mol. The Morgan fingerprint density at radius 3 is 2.18 bits per heavy atom. The van der Waals surface area contributed by atoms with Crippen LogP contribution in [0.5, 0.6) is 0 Å². The highest BCUT2D eigenvalue weighted by molar-refractivity contribution is 6.46. The predicted molar refractivity (Wildman–Crippen MR) is 47.9 cm³/mol. The number of hydrogen-bond donors (Lipinski definition) is 0. The Labute approximate surface area is 70.7 Å². The van der Waals surface area contributed by atoms with Crippen LogP contribution in [0.1, 0.15) is 26.2 Å². The van der Waals surface area contributed by atoms with Gasteiger partial charge in [0.2, 0.25) is 0 Å². The molecule has 1 aliphatic carbocycles. The molecule has 0 heterocycles. The Morgan fingerprint density at radius 2 is 1.82 bits per heavy atom. The first-order valence-electron chi connectivity index (χ1n) is 4.35. The third kappa shape index (κ3) is 2.04. The second kappa shape index (κ2) is 4.23. The summed E-state index contributed by atoms with van der Waals surface area (Å²) in [7, 11) is 2.26. The van der Waals surface area contributed by atoms with Crippen molar-refractivity contribution in [2.45, 2.75) is 31.7 Å². The summed E-state index contributed by atoms with van der Waals surface area (Å²) in [5.74, 6) is 0.826. The van der Waals surface area contributed by atoms with E-state index in [1.54, 1.807) is 14.2 Å². The van der Waals surface area contributed by atoms with E-state index in [1.165, 1.54) is 19.3 Å². The van der Waals surface area contributed by atoms with Gasteiger partial charge < -0.3 is 8.85 Å². The van der Waals surface area contributed by atoms with Crippen molar-refractivity contribution in [3.63, 3.8) is 0 Å². The fraction of sp³-hybridized carbons (Fsp3) is 1.00. The first-order valence-corrected chi connectivity index (χ1v) is 5.96. The second-order valence-electron chi connectivity index (χ2n) is 3.41. The molecule has 2 atom stereocenters. The lowest BCUT2D eigenvalue weighted by Gasteiger charge is -2.21. The lowest BCUT2D eigenvalue weighted by molar-refractivity contribution is 0.257. The summed E-state index contributed by atoms with van der Waals surface area (Å²) in [4.78, 5) is 0. The molecule has 2 nitrogen and oxygen atoms in total. The molecule has 0 aliphatic heterocycles. The lowest BCUT2D eigenvalue weighted by Crippen LogP contribution is -2.27. The first kappa shape index (κ1) is 9.23. The minimum absolute atomic E-state index is 0.755. The van der Waals surface area contributed by atoms with Crippen molar-refractivity contribution in [3.05, 3.63) is 0 Å². The van der Waals surface area contributed by atoms with Gasteiger partial charge in [0.05, 0.1) is 0 Å². The minimum Gasteiger partial charge on any atom is -0.400 e. The van der Waals surface area contributed by atoms with E-state index in [2.05, 4.69) is 6.92 Å². The molecular weight excluding hydrogens is 156 g/mol. The van der Waals surface area contributed by atoms with Gasteiger partial charge in [-0.15, -0.1) is 0 Å². The number of hydrogen-bond acceptors (Lipinski definition) is 2. The molecule has 1 rings (SSSR count). The Morgan fingerprint density at radius 1 is 1.18 bits per heavy atom. The summed E-state index contributed by atoms with van der Waals surface area (Å²) in [6.45, 7) is 2.32. The summed E-state index contributed by atoms with van der Waals surface area (Å²) in [6, 6.07) is 0. The summed E-state index contributed by atoms with van der Waals surface area (Å²) >= 11 is 0. The van der Waals surface area contributed by atoms with Gasteiger partial charge in [-0.2, -0.15) is 0 Å². The smallest absolute Gasteiger partial charge is 0.324 e. The van der Waals surface area contributed by atoms with E-state index in [1.807, 2.05) is 0 Å². The molecule has 0 amide bonds. The third-order valence-electron chi connectivity index (χ3n) is 2.74. The molecule has 0 N–H and O–H groups in total. The fourth-order valence-corrected chi connectivity index (χ4v) is 4.15. The van der Waals surface area contributed by atoms with E-state index in [-0.39, 0.29) is 0 Å². The summed E-state index contributed by atoms with van der Waals surface area (Å²) in [5.41, 5.74) is 0.755. The van der Waals surface area contributed by atoms with Crippen LogP contribution in [0, 0.1) is 5.92 Å². The molecule has 1 saturated carbocycles. The summed E-state index contributed by atoms with van der Waals surface area (Å²) < 4.78 is 10.7. The van der Waals surface area contributed by atoms with Crippen molar-refractivity contribution >= 4 is 9.28 Å². The van der Waals surface area contributed by atoms with Crippen LogP contribution in [-0.2, 0) is 8.85 Å². The Balaban J connectivity index is 2.43. The van der Waals surface area contributed by atoms with Crippen LogP contribution in [-0.4, -0.2) is 23.5 Å².